The number of ether oxygens (including phenoxy) is 1. The van der Waals surface area contributed by atoms with Crippen molar-refractivity contribution in [2.45, 2.75) is 19.0 Å². The van der Waals surface area contributed by atoms with E-state index in [-0.39, 0.29) is 0 Å². The van der Waals surface area contributed by atoms with E-state index in [4.69, 9.17) is 4.74 Å². The van der Waals surface area contributed by atoms with E-state index in [1.807, 2.05) is 31.3 Å². The van der Waals surface area contributed by atoms with Gasteiger partial charge in [0.15, 0.2) is 0 Å². The molecule has 1 aliphatic rings. The monoisotopic (exact) mass is 221 g/mol. The number of anilines is 1. The Morgan fingerprint density at radius 2 is 2.38 bits per heavy atom. The van der Waals surface area contributed by atoms with Gasteiger partial charge in [0.25, 0.3) is 0 Å². The molecule has 1 unspecified atom stereocenters. The molecule has 4 nitrogen and oxygen atoms in total. The van der Waals surface area contributed by atoms with Gasteiger partial charge in [-0.3, -0.25) is 0 Å². The molecular formula is C12H19N3O. The minimum absolute atomic E-state index is 0.508. The van der Waals surface area contributed by atoms with Crippen molar-refractivity contribution >= 4 is 5.82 Å². The van der Waals surface area contributed by atoms with E-state index < -0.39 is 0 Å². The molecule has 1 saturated heterocycles. The molecular weight excluding hydrogens is 202 g/mol. The number of hydrogen-bond donors (Lipinski definition) is 1. The average Bonchev–Trinajstić information content (AvgIpc) is 2.80. The molecule has 0 saturated carbocycles. The minimum Gasteiger partial charge on any atom is -0.380 e. The maximum atomic E-state index is 5.31. The highest BCUT2D eigenvalue weighted by molar-refractivity contribution is 5.37. The van der Waals surface area contributed by atoms with Gasteiger partial charge in [-0.25, -0.2) is 4.98 Å². The molecule has 4 heteroatoms. The third-order valence-corrected chi connectivity index (χ3v) is 2.79. The SMILES string of the molecule is CN(C)c1ccc(CNC2CCOC2)cn1. The quantitative estimate of drug-likeness (QED) is 0.824. The Hall–Kier alpha value is -1.13. The molecule has 0 amide bonds. The first-order valence-corrected chi connectivity index (χ1v) is 5.69. The lowest BCUT2D eigenvalue weighted by Gasteiger charge is -2.13. The van der Waals surface area contributed by atoms with E-state index in [0.717, 1.165) is 32.0 Å². The average molecular weight is 221 g/mol. The van der Waals surface area contributed by atoms with E-state index in [1.54, 1.807) is 0 Å². The summed E-state index contributed by atoms with van der Waals surface area (Å²) in [6.45, 7) is 2.59. The first-order chi connectivity index (χ1) is 7.75. The Balaban J connectivity index is 1.84. The molecule has 1 fully saturated rings. The standard InChI is InChI=1S/C12H19N3O/c1-15(2)12-4-3-10(8-14-12)7-13-11-5-6-16-9-11/h3-4,8,11,13H,5-7,9H2,1-2H3. The summed E-state index contributed by atoms with van der Waals surface area (Å²) in [6.07, 6.45) is 3.04. The summed E-state index contributed by atoms with van der Waals surface area (Å²) in [4.78, 5) is 6.38. The molecule has 0 spiro atoms. The Bertz CT molecular complexity index is 318. The number of nitrogens with zero attached hydrogens (tertiary/aromatic N) is 2. The van der Waals surface area contributed by atoms with Crippen molar-refractivity contribution in [3.8, 4) is 0 Å². The molecule has 2 heterocycles. The van der Waals surface area contributed by atoms with Crippen LogP contribution in [0.25, 0.3) is 0 Å². The Kier molecular flexibility index (Phi) is 3.74. The molecule has 2 rings (SSSR count). The molecule has 0 radical (unpaired) electrons. The number of aromatic nitrogens is 1. The molecule has 0 bridgehead atoms. The Morgan fingerprint density at radius 1 is 1.50 bits per heavy atom. The summed E-state index contributed by atoms with van der Waals surface area (Å²) in [7, 11) is 3.99. The molecule has 0 aliphatic carbocycles. The van der Waals surface area contributed by atoms with Crippen molar-refractivity contribution in [2.24, 2.45) is 0 Å². The third kappa shape index (κ3) is 2.93. The van der Waals surface area contributed by atoms with Crippen LogP contribution in [0.4, 0.5) is 5.82 Å². The van der Waals surface area contributed by atoms with E-state index in [1.165, 1.54) is 5.56 Å². The van der Waals surface area contributed by atoms with Gasteiger partial charge in [0.2, 0.25) is 0 Å². The zero-order valence-electron chi connectivity index (χ0n) is 9.94. The second kappa shape index (κ2) is 5.27. The highest BCUT2D eigenvalue weighted by Gasteiger charge is 2.14. The zero-order chi connectivity index (χ0) is 11.4. The van der Waals surface area contributed by atoms with Crippen LogP contribution in [0.5, 0.6) is 0 Å². The smallest absolute Gasteiger partial charge is 0.127 e. The lowest BCUT2D eigenvalue weighted by molar-refractivity contribution is 0.190. The van der Waals surface area contributed by atoms with E-state index >= 15 is 0 Å². The van der Waals surface area contributed by atoms with Crippen molar-refractivity contribution in [2.75, 3.05) is 32.2 Å². The summed E-state index contributed by atoms with van der Waals surface area (Å²) < 4.78 is 5.31. The molecule has 16 heavy (non-hydrogen) atoms. The van der Waals surface area contributed by atoms with Crippen LogP contribution in [0.3, 0.4) is 0 Å². The first kappa shape index (κ1) is 11.4. The van der Waals surface area contributed by atoms with E-state index in [2.05, 4.69) is 16.4 Å². The van der Waals surface area contributed by atoms with E-state index in [9.17, 15) is 0 Å². The summed E-state index contributed by atoms with van der Waals surface area (Å²) >= 11 is 0. The number of rotatable bonds is 4. The minimum atomic E-state index is 0.508. The highest BCUT2D eigenvalue weighted by atomic mass is 16.5. The van der Waals surface area contributed by atoms with E-state index in [0.29, 0.717) is 6.04 Å². The van der Waals surface area contributed by atoms with Crippen molar-refractivity contribution < 1.29 is 4.74 Å². The topological polar surface area (TPSA) is 37.4 Å². The fourth-order valence-electron chi connectivity index (χ4n) is 1.74. The first-order valence-electron chi connectivity index (χ1n) is 5.69. The predicted octanol–water partition coefficient (Wildman–Crippen LogP) is 1.03. The van der Waals surface area contributed by atoms with Crippen molar-refractivity contribution in [1.29, 1.82) is 0 Å². The highest BCUT2D eigenvalue weighted by Crippen LogP contribution is 2.09. The molecule has 1 atom stereocenters. The second-order valence-corrected chi connectivity index (χ2v) is 4.36. The van der Waals surface area contributed by atoms with Gasteiger partial charge in [0, 0.05) is 39.5 Å². The van der Waals surface area contributed by atoms with Gasteiger partial charge in [-0.05, 0) is 18.1 Å². The molecule has 1 aromatic heterocycles. The van der Waals surface area contributed by atoms with Gasteiger partial charge in [-0.15, -0.1) is 0 Å². The van der Waals surface area contributed by atoms with Crippen LogP contribution in [0, 0.1) is 0 Å². The normalized spacial score (nSPS) is 20.0. The fraction of sp³-hybridized carbons (Fsp3) is 0.583. The zero-order valence-corrected chi connectivity index (χ0v) is 9.94. The molecule has 88 valence electrons. The van der Waals surface area contributed by atoms with Gasteiger partial charge in [0.1, 0.15) is 5.82 Å². The molecule has 1 aromatic rings. The maximum absolute atomic E-state index is 5.31. The number of pyridine rings is 1. The van der Waals surface area contributed by atoms with Gasteiger partial charge >= 0.3 is 0 Å². The number of nitrogens with one attached hydrogen (secondary N) is 1. The Morgan fingerprint density at radius 3 is 2.94 bits per heavy atom. The predicted molar refractivity (Wildman–Crippen MR) is 64.6 cm³/mol. The van der Waals surface area contributed by atoms with Crippen LogP contribution in [0.2, 0.25) is 0 Å². The summed E-state index contributed by atoms with van der Waals surface area (Å²) in [5.74, 6) is 0.993. The molecule has 0 aromatic carbocycles. The number of hydrogen-bond acceptors (Lipinski definition) is 4. The largest absolute Gasteiger partial charge is 0.380 e. The van der Waals surface area contributed by atoms with Crippen LogP contribution in [0.1, 0.15) is 12.0 Å². The maximum Gasteiger partial charge on any atom is 0.127 e. The fourth-order valence-corrected chi connectivity index (χ4v) is 1.74. The van der Waals surface area contributed by atoms with Crippen molar-refractivity contribution in [3.05, 3.63) is 23.9 Å². The van der Waals surface area contributed by atoms with Gasteiger partial charge in [-0.2, -0.15) is 0 Å². The van der Waals surface area contributed by atoms with Crippen molar-refractivity contribution in [1.82, 2.24) is 10.3 Å². The summed E-state index contributed by atoms with van der Waals surface area (Å²) in [6, 6.07) is 4.67. The van der Waals surface area contributed by atoms with Gasteiger partial charge in [0.05, 0.1) is 6.61 Å². The lowest BCUT2D eigenvalue weighted by Crippen LogP contribution is -2.28. The third-order valence-electron chi connectivity index (χ3n) is 2.79. The second-order valence-electron chi connectivity index (χ2n) is 4.36. The van der Waals surface area contributed by atoms with Gasteiger partial charge < -0.3 is 15.0 Å². The molecule has 1 N–H and O–H groups in total. The molecule has 1 aliphatic heterocycles. The lowest BCUT2D eigenvalue weighted by atomic mass is 10.2. The Labute approximate surface area is 96.6 Å². The summed E-state index contributed by atoms with van der Waals surface area (Å²) in [5, 5.41) is 3.47. The van der Waals surface area contributed by atoms with Crippen LogP contribution < -0.4 is 10.2 Å². The summed E-state index contributed by atoms with van der Waals surface area (Å²) in [5.41, 5.74) is 1.22. The van der Waals surface area contributed by atoms with Crippen LogP contribution in [-0.2, 0) is 11.3 Å². The van der Waals surface area contributed by atoms with Crippen LogP contribution >= 0.6 is 0 Å². The van der Waals surface area contributed by atoms with Crippen molar-refractivity contribution in [3.63, 3.8) is 0 Å². The van der Waals surface area contributed by atoms with Crippen LogP contribution in [0.15, 0.2) is 18.3 Å². The van der Waals surface area contributed by atoms with Gasteiger partial charge in [-0.1, -0.05) is 6.07 Å². The van der Waals surface area contributed by atoms with Crippen LogP contribution in [-0.4, -0.2) is 38.3 Å².